The first kappa shape index (κ1) is 18.9. The molecule has 0 aliphatic carbocycles. The number of halogens is 1. The van der Waals surface area contributed by atoms with Crippen LogP contribution >= 0.6 is 11.3 Å². The van der Waals surface area contributed by atoms with E-state index in [9.17, 15) is 14.0 Å². The van der Waals surface area contributed by atoms with Crippen LogP contribution in [0.5, 0.6) is 0 Å². The number of benzene rings is 1. The van der Waals surface area contributed by atoms with E-state index in [1.807, 2.05) is 12.1 Å². The van der Waals surface area contributed by atoms with Gasteiger partial charge in [-0.25, -0.2) is 4.39 Å². The smallest absolute Gasteiger partial charge is 0.305 e. The van der Waals surface area contributed by atoms with Crippen molar-refractivity contribution >= 4 is 29.3 Å². The third-order valence-corrected chi connectivity index (χ3v) is 4.58. The molecule has 1 amide bonds. The van der Waals surface area contributed by atoms with Gasteiger partial charge in [-0.3, -0.25) is 9.59 Å². The highest BCUT2D eigenvalue weighted by Crippen LogP contribution is 2.30. The van der Waals surface area contributed by atoms with E-state index in [0.29, 0.717) is 31.4 Å². The van der Waals surface area contributed by atoms with Crippen molar-refractivity contribution in [3.63, 3.8) is 0 Å². The predicted octanol–water partition coefficient (Wildman–Crippen LogP) is 4.03. The number of carbonyl (C=O) groups is 2. The van der Waals surface area contributed by atoms with Gasteiger partial charge < -0.3 is 10.1 Å². The largest absolute Gasteiger partial charge is 0.469 e. The first-order valence-electron chi connectivity index (χ1n) is 7.97. The van der Waals surface area contributed by atoms with Crippen LogP contribution in [0, 0.1) is 5.82 Å². The standard InChI is InChI=1S/C19H20FNO3S/c1-24-19(23)8-4-5-13-21-18(22)12-10-14-9-11-17(25-14)15-6-2-3-7-16(15)20/h2-3,6-7,9-12H,4-5,8,13H2,1H3,(H,21,22). The fourth-order valence-corrected chi connectivity index (χ4v) is 3.11. The predicted molar refractivity (Wildman–Crippen MR) is 97.6 cm³/mol. The maximum atomic E-state index is 13.8. The van der Waals surface area contributed by atoms with Crippen LogP contribution in [0.2, 0.25) is 0 Å². The SMILES string of the molecule is COC(=O)CCCCNC(=O)C=Cc1ccc(-c2ccccc2F)s1. The molecule has 0 radical (unpaired) electrons. The molecule has 1 aromatic carbocycles. The summed E-state index contributed by atoms with van der Waals surface area (Å²) in [5.74, 6) is -0.696. The number of thiophene rings is 1. The molecule has 0 aliphatic rings. The first-order chi connectivity index (χ1) is 12.1. The lowest BCUT2D eigenvalue weighted by atomic mass is 10.2. The Balaban J connectivity index is 1.79. The summed E-state index contributed by atoms with van der Waals surface area (Å²) in [6.45, 7) is 0.505. The Hall–Kier alpha value is -2.47. The van der Waals surface area contributed by atoms with Crippen molar-refractivity contribution in [1.82, 2.24) is 5.32 Å². The van der Waals surface area contributed by atoms with E-state index in [4.69, 9.17) is 0 Å². The van der Waals surface area contributed by atoms with Crippen molar-refractivity contribution in [1.29, 1.82) is 0 Å². The Labute approximate surface area is 150 Å². The van der Waals surface area contributed by atoms with Gasteiger partial charge in [0.2, 0.25) is 5.91 Å². The summed E-state index contributed by atoms with van der Waals surface area (Å²) >= 11 is 1.42. The Bertz CT molecular complexity index is 755. The van der Waals surface area contributed by atoms with Crippen LogP contribution in [0.1, 0.15) is 24.1 Å². The summed E-state index contributed by atoms with van der Waals surface area (Å²) in [4.78, 5) is 24.4. The zero-order valence-corrected chi connectivity index (χ0v) is 14.8. The van der Waals surface area contributed by atoms with E-state index in [-0.39, 0.29) is 17.7 Å². The number of carbonyl (C=O) groups excluding carboxylic acids is 2. The lowest BCUT2D eigenvalue weighted by molar-refractivity contribution is -0.140. The fourth-order valence-electron chi connectivity index (χ4n) is 2.17. The Morgan fingerprint density at radius 1 is 1.20 bits per heavy atom. The van der Waals surface area contributed by atoms with Crippen molar-refractivity contribution < 1.29 is 18.7 Å². The molecular formula is C19H20FNO3S. The van der Waals surface area contributed by atoms with Crippen molar-refractivity contribution in [2.45, 2.75) is 19.3 Å². The molecular weight excluding hydrogens is 341 g/mol. The van der Waals surface area contributed by atoms with Gasteiger partial charge in [-0.05, 0) is 37.1 Å². The molecule has 6 heteroatoms. The van der Waals surface area contributed by atoms with Crippen molar-refractivity contribution in [2.75, 3.05) is 13.7 Å². The molecule has 0 unspecified atom stereocenters. The average molecular weight is 361 g/mol. The minimum Gasteiger partial charge on any atom is -0.469 e. The van der Waals surface area contributed by atoms with E-state index in [1.54, 1.807) is 24.3 Å². The van der Waals surface area contributed by atoms with Crippen LogP contribution in [-0.4, -0.2) is 25.5 Å². The molecule has 2 aromatic rings. The first-order valence-corrected chi connectivity index (χ1v) is 8.79. The molecule has 0 saturated heterocycles. The lowest BCUT2D eigenvalue weighted by Gasteiger charge is -2.01. The van der Waals surface area contributed by atoms with E-state index in [2.05, 4.69) is 10.1 Å². The van der Waals surface area contributed by atoms with Gasteiger partial charge in [-0.2, -0.15) is 0 Å². The molecule has 0 fully saturated rings. The third-order valence-electron chi connectivity index (χ3n) is 3.50. The van der Waals surface area contributed by atoms with Gasteiger partial charge in [0.05, 0.1) is 7.11 Å². The minimum atomic E-state index is -0.260. The van der Waals surface area contributed by atoms with Gasteiger partial charge >= 0.3 is 5.97 Å². The molecule has 25 heavy (non-hydrogen) atoms. The molecule has 0 bridgehead atoms. The highest BCUT2D eigenvalue weighted by Gasteiger charge is 2.06. The molecule has 1 aromatic heterocycles. The van der Waals surface area contributed by atoms with Gasteiger partial charge in [0.1, 0.15) is 5.82 Å². The summed E-state index contributed by atoms with van der Waals surface area (Å²) in [6, 6.07) is 10.3. The Morgan fingerprint density at radius 3 is 2.76 bits per heavy atom. The lowest BCUT2D eigenvalue weighted by Crippen LogP contribution is -2.22. The molecule has 0 atom stereocenters. The number of amides is 1. The minimum absolute atomic E-state index is 0.195. The van der Waals surface area contributed by atoms with Crippen LogP contribution in [0.4, 0.5) is 4.39 Å². The maximum Gasteiger partial charge on any atom is 0.305 e. The summed E-state index contributed by atoms with van der Waals surface area (Å²) in [6.07, 6.45) is 4.91. The average Bonchev–Trinajstić information content (AvgIpc) is 3.08. The monoisotopic (exact) mass is 361 g/mol. The van der Waals surface area contributed by atoms with Gasteiger partial charge in [-0.15, -0.1) is 11.3 Å². The van der Waals surface area contributed by atoms with Crippen LogP contribution in [0.25, 0.3) is 16.5 Å². The van der Waals surface area contributed by atoms with Crippen molar-refractivity contribution in [2.24, 2.45) is 0 Å². The van der Waals surface area contributed by atoms with E-state index >= 15 is 0 Å². The van der Waals surface area contributed by atoms with Crippen LogP contribution in [0.3, 0.4) is 0 Å². The van der Waals surface area contributed by atoms with Crippen LogP contribution in [-0.2, 0) is 14.3 Å². The number of hydrogen-bond acceptors (Lipinski definition) is 4. The molecule has 1 N–H and O–H groups in total. The normalized spacial score (nSPS) is 10.8. The summed E-state index contributed by atoms with van der Waals surface area (Å²) in [5, 5.41) is 2.76. The Kier molecular flexibility index (Phi) is 7.35. The van der Waals surface area contributed by atoms with Crippen molar-refractivity contribution in [3.8, 4) is 10.4 Å². The molecule has 4 nitrogen and oxygen atoms in total. The van der Waals surface area contributed by atoms with Crippen molar-refractivity contribution in [3.05, 3.63) is 53.2 Å². The number of unbranched alkanes of at least 4 members (excludes halogenated alkanes) is 1. The van der Waals surface area contributed by atoms with E-state index < -0.39 is 0 Å². The van der Waals surface area contributed by atoms with Gasteiger partial charge in [0.15, 0.2) is 0 Å². The number of ether oxygens (including phenoxy) is 1. The number of rotatable bonds is 8. The second-order valence-corrected chi connectivity index (χ2v) is 6.45. The quantitative estimate of drug-likeness (QED) is 0.439. The number of methoxy groups -OCH3 is 1. The highest BCUT2D eigenvalue weighted by molar-refractivity contribution is 7.16. The number of esters is 1. The zero-order chi connectivity index (χ0) is 18.1. The number of nitrogens with one attached hydrogen (secondary N) is 1. The molecule has 1 heterocycles. The number of hydrogen-bond donors (Lipinski definition) is 1. The molecule has 0 saturated carbocycles. The molecule has 132 valence electrons. The molecule has 0 aliphatic heterocycles. The fraction of sp³-hybridized carbons (Fsp3) is 0.263. The maximum absolute atomic E-state index is 13.8. The zero-order valence-electron chi connectivity index (χ0n) is 14.0. The van der Waals surface area contributed by atoms with Gasteiger partial charge in [0, 0.05) is 34.4 Å². The van der Waals surface area contributed by atoms with E-state index in [1.165, 1.54) is 30.6 Å². The molecule has 0 spiro atoms. The highest BCUT2D eigenvalue weighted by atomic mass is 32.1. The molecule has 2 rings (SSSR count). The topological polar surface area (TPSA) is 55.4 Å². The second-order valence-electron chi connectivity index (χ2n) is 5.34. The van der Waals surface area contributed by atoms with Crippen LogP contribution in [0.15, 0.2) is 42.5 Å². The van der Waals surface area contributed by atoms with Gasteiger partial charge in [-0.1, -0.05) is 18.2 Å². The Morgan fingerprint density at radius 2 is 2.00 bits per heavy atom. The summed E-state index contributed by atoms with van der Waals surface area (Å²) in [5.41, 5.74) is 0.558. The third kappa shape index (κ3) is 6.15. The van der Waals surface area contributed by atoms with Crippen LogP contribution < -0.4 is 5.32 Å². The van der Waals surface area contributed by atoms with Gasteiger partial charge in [0.25, 0.3) is 0 Å². The van der Waals surface area contributed by atoms with E-state index in [0.717, 1.165) is 9.75 Å². The second kappa shape index (κ2) is 9.74. The summed E-state index contributed by atoms with van der Waals surface area (Å²) in [7, 11) is 1.36. The summed E-state index contributed by atoms with van der Waals surface area (Å²) < 4.78 is 18.3.